The van der Waals surface area contributed by atoms with E-state index in [4.69, 9.17) is 16.2 Å². The van der Waals surface area contributed by atoms with Gasteiger partial charge >= 0.3 is 6.09 Å². The first-order valence-electron chi connectivity index (χ1n) is 9.23. The van der Waals surface area contributed by atoms with Gasteiger partial charge in [0.05, 0.1) is 12.2 Å². The van der Waals surface area contributed by atoms with Crippen LogP contribution >= 0.6 is 11.8 Å². The number of aromatic nitrogens is 2. The number of primary amides is 1. The van der Waals surface area contributed by atoms with Gasteiger partial charge in [0, 0.05) is 16.6 Å². The van der Waals surface area contributed by atoms with Crippen LogP contribution in [0.5, 0.6) is 0 Å². The van der Waals surface area contributed by atoms with Crippen molar-refractivity contribution in [3.8, 4) is 0 Å². The van der Waals surface area contributed by atoms with Crippen molar-refractivity contribution in [2.75, 3.05) is 5.73 Å². The van der Waals surface area contributed by atoms with E-state index < -0.39 is 17.7 Å². The molecule has 0 radical (unpaired) electrons. The standard InChI is InChI=1S/C21H22F2N4O2S/c1-12(2)19-20(30-17-8-14(22)7-15(23)9-17)27(18(26-19)11-29-21(25)28)10-13-4-3-5-16(24)6-13/h3-9,12H,10-11,24H2,1-2H3,(H2,25,28). The van der Waals surface area contributed by atoms with Crippen LogP contribution in [0.2, 0.25) is 0 Å². The van der Waals surface area contributed by atoms with Gasteiger partial charge in [-0.25, -0.2) is 18.6 Å². The number of rotatable bonds is 7. The van der Waals surface area contributed by atoms with Crippen molar-refractivity contribution in [1.82, 2.24) is 9.55 Å². The number of anilines is 1. The molecule has 3 aromatic rings. The van der Waals surface area contributed by atoms with Crippen molar-refractivity contribution in [1.29, 1.82) is 0 Å². The molecule has 30 heavy (non-hydrogen) atoms. The van der Waals surface area contributed by atoms with Gasteiger partial charge in [0.15, 0.2) is 6.61 Å². The fraction of sp³-hybridized carbons (Fsp3) is 0.238. The predicted molar refractivity (Wildman–Crippen MR) is 111 cm³/mol. The van der Waals surface area contributed by atoms with E-state index in [9.17, 15) is 13.6 Å². The maximum atomic E-state index is 13.7. The lowest BCUT2D eigenvalue weighted by Crippen LogP contribution is -2.15. The molecule has 0 fully saturated rings. The molecule has 3 rings (SSSR count). The van der Waals surface area contributed by atoms with Crippen LogP contribution in [0.4, 0.5) is 19.3 Å². The number of nitrogens with two attached hydrogens (primary N) is 2. The third kappa shape index (κ3) is 5.29. The van der Waals surface area contributed by atoms with E-state index >= 15 is 0 Å². The summed E-state index contributed by atoms with van der Waals surface area (Å²) in [6.45, 7) is 4.17. The zero-order chi connectivity index (χ0) is 21.8. The van der Waals surface area contributed by atoms with E-state index in [1.165, 1.54) is 23.9 Å². The Morgan fingerprint density at radius 1 is 1.20 bits per heavy atom. The van der Waals surface area contributed by atoms with Gasteiger partial charge < -0.3 is 20.8 Å². The molecular weight excluding hydrogens is 410 g/mol. The molecule has 2 aromatic carbocycles. The number of carbonyl (C=O) groups is 1. The molecule has 0 aliphatic rings. The molecule has 0 saturated heterocycles. The van der Waals surface area contributed by atoms with E-state index in [1.807, 2.05) is 36.6 Å². The number of nitrogen functional groups attached to an aromatic ring is 1. The summed E-state index contributed by atoms with van der Waals surface area (Å²) in [5.74, 6) is -0.842. The highest BCUT2D eigenvalue weighted by molar-refractivity contribution is 7.99. The van der Waals surface area contributed by atoms with Crippen LogP contribution in [0.15, 0.2) is 52.4 Å². The molecule has 0 bridgehead atoms. The monoisotopic (exact) mass is 432 g/mol. The second-order valence-electron chi connectivity index (χ2n) is 7.02. The summed E-state index contributed by atoms with van der Waals surface area (Å²) in [5.41, 5.74) is 13.2. The number of hydrogen-bond donors (Lipinski definition) is 2. The summed E-state index contributed by atoms with van der Waals surface area (Å²) >= 11 is 1.19. The largest absolute Gasteiger partial charge is 0.442 e. The maximum absolute atomic E-state index is 13.7. The first-order chi connectivity index (χ1) is 14.2. The summed E-state index contributed by atoms with van der Waals surface area (Å²) < 4.78 is 34.3. The molecule has 0 spiro atoms. The quantitative estimate of drug-likeness (QED) is 0.529. The lowest BCUT2D eigenvalue weighted by molar-refractivity contribution is 0.145. The third-order valence-corrected chi connectivity index (χ3v) is 5.35. The van der Waals surface area contributed by atoms with Crippen LogP contribution in [-0.2, 0) is 17.9 Å². The summed E-state index contributed by atoms with van der Waals surface area (Å²) in [7, 11) is 0. The number of halogens is 2. The van der Waals surface area contributed by atoms with Crippen LogP contribution in [0.1, 0.15) is 36.8 Å². The normalized spacial score (nSPS) is 11.1. The summed E-state index contributed by atoms with van der Waals surface area (Å²) in [6.07, 6.45) is -0.916. The first kappa shape index (κ1) is 21.6. The number of imidazole rings is 1. The maximum Gasteiger partial charge on any atom is 0.404 e. The van der Waals surface area contributed by atoms with Crippen molar-refractivity contribution < 1.29 is 18.3 Å². The average molecular weight is 432 g/mol. The van der Waals surface area contributed by atoms with Crippen LogP contribution in [0, 0.1) is 11.6 Å². The summed E-state index contributed by atoms with van der Waals surface area (Å²) in [4.78, 5) is 16.2. The van der Waals surface area contributed by atoms with E-state index in [2.05, 4.69) is 4.98 Å². The summed E-state index contributed by atoms with van der Waals surface area (Å²) in [5, 5.41) is 0.695. The highest BCUT2D eigenvalue weighted by Crippen LogP contribution is 2.36. The van der Waals surface area contributed by atoms with E-state index in [-0.39, 0.29) is 12.5 Å². The van der Waals surface area contributed by atoms with E-state index in [0.29, 0.717) is 28.0 Å². The smallest absolute Gasteiger partial charge is 0.404 e. The number of amides is 1. The molecule has 0 unspecified atom stereocenters. The molecule has 1 aromatic heterocycles. The van der Waals surface area contributed by atoms with Crippen molar-refractivity contribution in [3.05, 3.63) is 71.2 Å². The van der Waals surface area contributed by atoms with Crippen LogP contribution in [0.25, 0.3) is 0 Å². The van der Waals surface area contributed by atoms with Crippen molar-refractivity contribution in [2.24, 2.45) is 5.73 Å². The molecule has 158 valence electrons. The minimum Gasteiger partial charge on any atom is -0.442 e. The van der Waals surface area contributed by atoms with Gasteiger partial charge in [0.2, 0.25) is 0 Å². The van der Waals surface area contributed by atoms with Crippen LogP contribution < -0.4 is 11.5 Å². The molecule has 1 heterocycles. The van der Waals surface area contributed by atoms with Gasteiger partial charge in [-0.3, -0.25) is 0 Å². The summed E-state index contributed by atoms with van der Waals surface area (Å²) in [6, 6.07) is 10.7. The minimum absolute atomic E-state index is 0.0142. The fourth-order valence-corrected chi connectivity index (χ4v) is 4.20. The Balaban J connectivity index is 2.09. The molecule has 0 aliphatic heterocycles. The Morgan fingerprint density at radius 2 is 1.90 bits per heavy atom. The molecule has 9 heteroatoms. The molecule has 0 saturated carbocycles. The second kappa shape index (κ2) is 9.17. The van der Waals surface area contributed by atoms with Gasteiger partial charge in [-0.05, 0) is 35.7 Å². The SMILES string of the molecule is CC(C)c1nc(COC(N)=O)n(Cc2cccc(N)c2)c1Sc1cc(F)cc(F)c1. The van der Waals surface area contributed by atoms with Crippen LogP contribution in [-0.4, -0.2) is 15.6 Å². The van der Waals surface area contributed by atoms with Gasteiger partial charge in [0.25, 0.3) is 0 Å². The zero-order valence-corrected chi connectivity index (χ0v) is 17.4. The molecule has 0 atom stereocenters. The number of benzene rings is 2. The van der Waals surface area contributed by atoms with Crippen LogP contribution in [0.3, 0.4) is 0 Å². The number of carbonyl (C=O) groups excluding carboxylic acids is 1. The topological polar surface area (TPSA) is 96.2 Å². The minimum atomic E-state index is -0.916. The Labute approximate surface area is 177 Å². The molecule has 0 aliphatic carbocycles. The van der Waals surface area contributed by atoms with Crippen molar-refractivity contribution >= 4 is 23.5 Å². The van der Waals surface area contributed by atoms with Gasteiger partial charge in [0.1, 0.15) is 22.5 Å². The van der Waals surface area contributed by atoms with Gasteiger partial charge in [-0.1, -0.05) is 37.7 Å². The molecule has 6 nitrogen and oxygen atoms in total. The van der Waals surface area contributed by atoms with E-state index in [0.717, 1.165) is 17.3 Å². The van der Waals surface area contributed by atoms with Gasteiger partial charge in [-0.2, -0.15) is 0 Å². The zero-order valence-electron chi connectivity index (χ0n) is 16.6. The Kier molecular flexibility index (Phi) is 6.61. The Morgan fingerprint density at radius 3 is 2.50 bits per heavy atom. The van der Waals surface area contributed by atoms with E-state index in [1.54, 1.807) is 6.07 Å². The lowest BCUT2D eigenvalue weighted by atomic mass is 10.1. The number of ether oxygens (including phenoxy) is 1. The third-order valence-electron chi connectivity index (χ3n) is 4.26. The van der Waals surface area contributed by atoms with Crippen molar-refractivity contribution in [3.63, 3.8) is 0 Å². The lowest BCUT2D eigenvalue weighted by Gasteiger charge is -2.14. The predicted octanol–water partition coefficient (Wildman–Crippen LogP) is 4.66. The van der Waals surface area contributed by atoms with Crippen molar-refractivity contribution in [2.45, 2.75) is 42.8 Å². The second-order valence-corrected chi connectivity index (χ2v) is 8.08. The fourth-order valence-electron chi connectivity index (χ4n) is 2.97. The van der Waals surface area contributed by atoms with Gasteiger partial charge in [-0.15, -0.1) is 0 Å². The highest BCUT2D eigenvalue weighted by atomic mass is 32.2. The Bertz CT molecular complexity index is 1050. The molecular formula is C21H22F2N4O2S. The first-order valence-corrected chi connectivity index (χ1v) is 10.0. The average Bonchev–Trinajstić information content (AvgIpc) is 2.97. The Hall–Kier alpha value is -3.07. The molecule has 1 amide bonds. The number of hydrogen-bond acceptors (Lipinski definition) is 5. The number of nitrogens with zero attached hydrogens (tertiary/aromatic N) is 2. The highest BCUT2D eigenvalue weighted by Gasteiger charge is 2.22. The molecule has 4 N–H and O–H groups in total.